The first-order chi connectivity index (χ1) is 10.7. The lowest BCUT2D eigenvalue weighted by molar-refractivity contribution is -0.148. The summed E-state index contributed by atoms with van der Waals surface area (Å²) in [6.45, 7) is 7.66. The van der Waals surface area contributed by atoms with E-state index in [1.807, 2.05) is 23.6 Å². The van der Waals surface area contributed by atoms with Crippen molar-refractivity contribution in [1.29, 1.82) is 0 Å². The molecule has 22 heavy (non-hydrogen) atoms. The zero-order chi connectivity index (χ0) is 15.9. The molecular formula is C17H30N2O3. The van der Waals surface area contributed by atoms with Crippen molar-refractivity contribution in [2.45, 2.75) is 58.5 Å². The Labute approximate surface area is 134 Å². The molecule has 5 heteroatoms. The largest absolute Gasteiger partial charge is 0.369 e. The van der Waals surface area contributed by atoms with Crippen LogP contribution in [0.5, 0.6) is 0 Å². The highest BCUT2D eigenvalue weighted by Crippen LogP contribution is 2.22. The molecule has 0 aromatic carbocycles. The predicted octanol–water partition coefficient (Wildman–Crippen LogP) is 2.05. The van der Waals surface area contributed by atoms with E-state index >= 15 is 0 Å². The van der Waals surface area contributed by atoms with Gasteiger partial charge in [0.25, 0.3) is 5.91 Å². The first-order valence-corrected chi connectivity index (χ1v) is 8.86. The predicted molar refractivity (Wildman–Crippen MR) is 85.4 cm³/mol. The number of nitrogens with zero attached hydrogens (tertiary/aromatic N) is 2. The van der Waals surface area contributed by atoms with Gasteiger partial charge >= 0.3 is 0 Å². The van der Waals surface area contributed by atoms with Crippen LogP contribution < -0.4 is 0 Å². The Bertz CT molecular complexity index is 347. The maximum atomic E-state index is 12.5. The lowest BCUT2D eigenvalue weighted by Gasteiger charge is -2.36. The summed E-state index contributed by atoms with van der Waals surface area (Å²) >= 11 is 0. The minimum Gasteiger partial charge on any atom is -0.369 e. The fourth-order valence-electron chi connectivity index (χ4n) is 3.49. The average Bonchev–Trinajstić information content (AvgIpc) is 2.59. The van der Waals surface area contributed by atoms with E-state index in [4.69, 9.17) is 4.74 Å². The molecule has 2 aliphatic heterocycles. The first-order valence-electron chi connectivity index (χ1n) is 8.86. The molecule has 2 rings (SSSR count). The molecular weight excluding hydrogens is 280 g/mol. The van der Waals surface area contributed by atoms with Gasteiger partial charge in [0.1, 0.15) is 6.10 Å². The van der Waals surface area contributed by atoms with Crippen LogP contribution in [-0.4, -0.2) is 60.5 Å². The van der Waals surface area contributed by atoms with Crippen LogP contribution in [0.2, 0.25) is 0 Å². The normalized spacial score (nSPS) is 21.7. The summed E-state index contributed by atoms with van der Waals surface area (Å²) in [6, 6.07) is 0. The standard InChI is InChI=1S/C17H30N2O3/c1-3-15(22-4-2)17(21)19-12-8-14(9-13-19)16(20)18-10-6-5-7-11-18/h14-15H,3-13H2,1-2H3. The quantitative estimate of drug-likeness (QED) is 0.781. The van der Waals surface area contributed by atoms with E-state index in [1.165, 1.54) is 6.42 Å². The third-order valence-electron chi connectivity index (χ3n) is 4.84. The smallest absolute Gasteiger partial charge is 0.251 e. The highest BCUT2D eigenvalue weighted by molar-refractivity contribution is 5.82. The van der Waals surface area contributed by atoms with Gasteiger partial charge in [0.05, 0.1) is 0 Å². The summed E-state index contributed by atoms with van der Waals surface area (Å²) in [5.41, 5.74) is 0. The summed E-state index contributed by atoms with van der Waals surface area (Å²) in [5, 5.41) is 0. The molecule has 126 valence electrons. The van der Waals surface area contributed by atoms with E-state index < -0.39 is 0 Å². The number of ether oxygens (including phenoxy) is 1. The van der Waals surface area contributed by atoms with Gasteiger partial charge in [-0.05, 0) is 45.4 Å². The third-order valence-corrected chi connectivity index (χ3v) is 4.84. The Balaban J connectivity index is 1.81. The van der Waals surface area contributed by atoms with E-state index in [1.54, 1.807) is 0 Å². The van der Waals surface area contributed by atoms with Gasteiger partial charge in [-0.15, -0.1) is 0 Å². The second-order valence-corrected chi connectivity index (χ2v) is 6.34. The minimum atomic E-state index is -0.320. The third kappa shape index (κ3) is 4.22. The van der Waals surface area contributed by atoms with E-state index in [-0.39, 0.29) is 17.9 Å². The molecule has 2 fully saturated rings. The van der Waals surface area contributed by atoms with Crippen molar-refractivity contribution in [3.63, 3.8) is 0 Å². The maximum Gasteiger partial charge on any atom is 0.251 e. The molecule has 2 heterocycles. The Hall–Kier alpha value is -1.10. The van der Waals surface area contributed by atoms with E-state index in [0.717, 1.165) is 38.8 Å². The van der Waals surface area contributed by atoms with Crippen molar-refractivity contribution >= 4 is 11.8 Å². The second kappa shape index (κ2) is 8.51. The molecule has 2 amide bonds. The van der Waals surface area contributed by atoms with Gasteiger partial charge < -0.3 is 14.5 Å². The van der Waals surface area contributed by atoms with Crippen LogP contribution in [0.25, 0.3) is 0 Å². The molecule has 2 saturated heterocycles. The van der Waals surface area contributed by atoms with Crippen LogP contribution in [-0.2, 0) is 14.3 Å². The Kier molecular flexibility index (Phi) is 6.68. The fourth-order valence-corrected chi connectivity index (χ4v) is 3.49. The highest BCUT2D eigenvalue weighted by Gasteiger charge is 2.32. The first kappa shape index (κ1) is 17.3. The summed E-state index contributed by atoms with van der Waals surface area (Å²) in [4.78, 5) is 28.8. The fraction of sp³-hybridized carbons (Fsp3) is 0.882. The number of hydrogen-bond donors (Lipinski definition) is 0. The summed E-state index contributed by atoms with van der Waals surface area (Å²) in [5.74, 6) is 0.506. The van der Waals surface area contributed by atoms with Crippen LogP contribution >= 0.6 is 0 Å². The summed E-state index contributed by atoms with van der Waals surface area (Å²) in [7, 11) is 0. The van der Waals surface area contributed by atoms with Gasteiger partial charge in [0, 0.05) is 38.7 Å². The number of carbonyl (C=O) groups is 2. The molecule has 2 aliphatic rings. The van der Waals surface area contributed by atoms with Crippen LogP contribution in [0.1, 0.15) is 52.4 Å². The van der Waals surface area contributed by atoms with Gasteiger partial charge in [-0.3, -0.25) is 9.59 Å². The Morgan fingerprint density at radius 2 is 1.64 bits per heavy atom. The molecule has 0 saturated carbocycles. The molecule has 0 bridgehead atoms. The zero-order valence-electron chi connectivity index (χ0n) is 14.1. The average molecular weight is 310 g/mol. The number of amides is 2. The number of carbonyl (C=O) groups excluding carboxylic acids is 2. The van der Waals surface area contributed by atoms with E-state index in [0.29, 0.717) is 32.0 Å². The van der Waals surface area contributed by atoms with Crippen LogP contribution in [0.15, 0.2) is 0 Å². The van der Waals surface area contributed by atoms with Gasteiger partial charge in [0.15, 0.2) is 0 Å². The van der Waals surface area contributed by atoms with Crippen LogP contribution in [0.3, 0.4) is 0 Å². The molecule has 0 aromatic rings. The van der Waals surface area contributed by atoms with Gasteiger partial charge in [-0.25, -0.2) is 0 Å². The molecule has 1 unspecified atom stereocenters. The topological polar surface area (TPSA) is 49.9 Å². The highest BCUT2D eigenvalue weighted by atomic mass is 16.5. The van der Waals surface area contributed by atoms with Gasteiger partial charge in [-0.2, -0.15) is 0 Å². The molecule has 0 N–H and O–H groups in total. The van der Waals surface area contributed by atoms with Crippen molar-refractivity contribution in [3.8, 4) is 0 Å². The Morgan fingerprint density at radius 3 is 2.18 bits per heavy atom. The van der Waals surface area contributed by atoms with Gasteiger partial charge in [0.2, 0.25) is 5.91 Å². The summed E-state index contributed by atoms with van der Waals surface area (Å²) < 4.78 is 5.51. The van der Waals surface area contributed by atoms with Crippen molar-refractivity contribution < 1.29 is 14.3 Å². The molecule has 0 aliphatic carbocycles. The van der Waals surface area contributed by atoms with Crippen molar-refractivity contribution in [3.05, 3.63) is 0 Å². The summed E-state index contributed by atoms with van der Waals surface area (Å²) in [6.07, 6.45) is 5.49. The van der Waals surface area contributed by atoms with E-state index in [2.05, 4.69) is 0 Å². The lowest BCUT2D eigenvalue weighted by atomic mass is 9.94. The molecule has 1 atom stereocenters. The van der Waals surface area contributed by atoms with Crippen molar-refractivity contribution in [1.82, 2.24) is 9.80 Å². The molecule has 5 nitrogen and oxygen atoms in total. The SMILES string of the molecule is CCOC(CC)C(=O)N1CCC(C(=O)N2CCCCC2)CC1. The number of piperidine rings is 2. The Morgan fingerprint density at radius 1 is 1.00 bits per heavy atom. The maximum absolute atomic E-state index is 12.5. The number of rotatable bonds is 5. The molecule has 0 aromatic heterocycles. The zero-order valence-corrected chi connectivity index (χ0v) is 14.1. The van der Waals surface area contributed by atoms with Gasteiger partial charge in [-0.1, -0.05) is 6.92 Å². The second-order valence-electron chi connectivity index (χ2n) is 6.34. The van der Waals surface area contributed by atoms with Crippen molar-refractivity contribution in [2.24, 2.45) is 5.92 Å². The van der Waals surface area contributed by atoms with Crippen LogP contribution in [0.4, 0.5) is 0 Å². The lowest BCUT2D eigenvalue weighted by Crippen LogP contribution is -2.48. The molecule has 0 spiro atoms. The number of likely N-dealkylation sites (tertiary alicyclic amines) is 2. The number of hydrogen-bond acceptors (Lipinski definition) is 3. The minimum absolute atomic E-state index is 0.0909. The van der Waals surface area contributed by atoms with Crippen LogP contribution in [0, 0.1) is 5.92 Å². The van der Waals surface area contributed by atoms with Crippen molar-refractivity contribution in [2.75, 3.05) is 32.8 Å². The molecule has 0 radical (unpaired) electrons. The monoisotopic (exact) mass is 310 g/mol. The van der Waals surface area contributed by atoms with E-state index in [9.17, 15) is 9.59 Å².